The normalized spacial score (nSPS) is 20.3. The first-order chi connectivity index (χ1) is 11.3. The first-order valence-electron chi connectivity index (χ1n) is 8.62. The van der Waals surface area contributed by atoms with Gasteiger partial charge in [-0.25, -0.2) is 8.42 Å². The van der Waals surface area contributed by atoms with Gasteiger partial charge in [-0.05, 0) is 45.4 Å². The lowest BCUT2D eigenvalue weighted by molar-refractivity contribution is -0.122. The summed E-state index contributed by atoms with van der Waals surface area (Å²) in [5.41, 5.74) is 1.00. The molecule has 0 spiro atoms. The third kappa shape index (κ3) is 3.49. The van der Waals surface area contributed by atoms with E-state index in [0.717, 1.165) is 25.7 Å². The summed E-state index contributed by atoms with van der Waals surface area (Å²) in [7, 11) is -3.55. The number of sulfonamides is 1. The van der Waals surface area contributed by atoms with E-state index in [1.165, 1.54) is 4.68 Å². The van der Waals surface area contributed by atoms with Crippen LogP contribution in [0.25, 0.3) is 0 Å². The summed E-state index contributed by atoms with van der Waals surface area (Å²) in [5.74, 6) is 0.450. The number of hydrogen-bond donors (Lipinski definition) is 1. The van der Waals surface area contributed by atoms with Gasteiger partial charge >= 0.3 is 0 Å². The van der Waals surface area contributed by atoms with Gasteiger partial charge in [-0.3, -0.25) is 9.48 Å². The zero-order valence-electron chi connectivity index (χ0n) is 14.6. The second-order valence-electron chi connectivity index (χ2n) is 7.09. The first-order valence-corrected chi connectivity index (χ1v) is 10.1. The number of nitrogens with one attached hydrogen (secondary N) is 1. The van der Waals surface area contributed by atoms with Crippen molar-refractivity contribution in [2.75, 3.05) is 13.1 Å². The van der Waals surface area contributed by atoms with Crippen LogP contribution in [0.4, 0.5) is 0 Å². The molecule has 24 heavy (non-hydrogen) atoms. The summed E-state index contributed by atoms with van der Waals surface area (Å²) in [6.45, 7) is 6.74. The average molecular weight is 354 g/mol. The Bertz CT molecular complexity index is 729. The van der Waals surface area contributed by atoms with E-state index < -0.39 is 10.0 Å². The van der Waals surface area contributed by atoms with Crippen LogP contribution in [0.3, 0.4) is 0 Å². The number of carbonyl (C=O) groups is 1. The number of carbonyl (C=O) groups excluding carboxylic acids is 1. The molecule has 0 unspecified atom stereocenters. The molecule has 1 saturated heterocycles. The summed E-state index contributed by atoms with van der Waals surface area (Å²) in [4.78, 5) is 12.3. The van der Waals surface area contributed by atoms with Crippen molar-refractivity contribution in [3.05, 3.63) is 11.4 Å². The number of hydrogen-bond acceptors (Lipinski definition) is 4. The van der Waals surface area contributed by atoms with Gasteiger partial charge in [0.2, 0.25) is 15.9 Å². The Balaban J connectivity index is 1.81. The second kappa shape index (κ2) is 6.48. The highest BCUT2D eigenvalue weighted by atomic mass is 32.2. The molecule has 1 aliphatic carbocycles. The first kappa shape index (κ1) is 17.4. The maximum Gasteiger partial charge on any atom is 0.246 e. The van der Waals surface area contributed by atoms with Crippen molar-refractivity contribution in [3.8, 4) is 0 Å². The summed E-state index contributed by atoms with van der Waals surface area (Å²) in [6.07, 6.45) is 3.82. The van der Waals surface area contributed by atoms with E-state index in [1.807, 2.05) is 0 Å². The Kier molecular flexibility index (Phi) is 4.70. The fourth-order valence-electron chi connectivity index (χ4n) is 3.20. The molecular formula is C16H26N4O3S. The van der Waals surface area contributed by atoms with Crippen LogP contribution in [-0.4, -0.2) is 47.5 Å². The number of amides is 1. The van der Waals surface area contributed by atoms with E-state index in [2.05, 4.69) is 17.3 Å². The van der Waals surface area contributed by atoms with Crippen molar-refractivity contribution < 1.29 is 13.2 Å². The van der Waals surface area contributed by atoms with E-state index in [1.54, 1.807) is 18.2 Å². The monoisotopic (exact) mass is 354 g/mol. The molecule has 134 valence electrons. The minimum absolute atomic E-state index is 0.0652. The maximum atomic E-state index is 13.0. The molecule has 0 bridgehead atoms. The molecule has 1 saturated carbocycles. The zero-order chi connectivity index (χ0) is 17.5. The van der Waals surface area contributed by atoms with Gasteiger partial charge in [-0.1, -0.05) is 6.92 Å². The van der Waals surface area contributed by atoms with Crippen LogP contribution in [0.15, 0.2) is 4.90 Å². The minimum atomic E-state index is -3.55. The van der Waals surface area contributed by atoms with Crippen LogP contribution in [0, 0.1) is 19.8 Å². The lowest BCUT2D eigenvalue weighted by Crippen LogP contribution is -2.38. The second-order valence-corrected chi connectivity index (χ2v) is 8.96. The minimum Gasteiger partial charge on any atom is -0.352 e. The Morgan fingerprint density at radius 2 is 1.83 bits per heavy atom. The molecule has 2 fully saturated rings. The number of aromatic nitrogens is 2. The summed E-state index contributed by atoms with van der Waals surface area (Å²) in [6, 6.07) is 0.285. The number of piperidine rings is 1. The number of rotatable bonds is 5. The fraction of sp³-hybridized carbons (Fsp3) is 0.750. The van der Waals surface area contributed by atoms with E-state index in [-0.39, 0.29) is 23.4 Å². The molecule has 2 aliphatic rings. The molecule has 1 aromatic rings. The molecule has 8 heteroatoms. The average Bonchev–Trinajstić information content (AvgIpc) is 3.25. The van der Waals surface area contributed by atoms with Gasteiger partial charge in [-0.2, -0.15) is 9.40 Å². The van der Waals surface area contributed by atoms with Gasteiger partial charge < -0.3 is 5.32 Å². The molecule has 7 nitrogen and oxygen atoms in total. The highest BCUT2D eigenvalue weighted by Crippen LogP contribution is 2.27. The standard InChI is InChI=1S/C16H26N4O3S/c1-11-6-8-19(9-7-11)24(22,23)16-12(2)18-20(13(16)3)10-15(21)17-14-4-5-14/h11,14H,4-10H2,1-3H3,(H,17,21). The molecule has 1 aromatic heterocycles. The lowest BCUT2D eigenvalue weighted by atomic mass is 10.0. The molecule has 3 rings (SSSR count). The molecule has 0 atom stereocenters. The molecule has 0 radical (unpaired) electrons. The quantitative estimate of drug-likeness (QED) is 0.861. The molecule has 1 N–H and O–H groups in total. The van der Waals surface area contributed by atoms with Gasteiger partial charge in [0.05, 0.1) is 11.4 Å². The Morgan fingerprint density at radius 1 is 1.21 bits per heavy atom. The van der Waals surface area contributed by atoms with Gasteiger partial charge in [0.1, 0.15) is 11.4 Å². The highest BCUT2D eigenvalue weighted by Gasteiger charge is 2.33. The van der Waals surface area contributed by atoms with Crippen molar-refractivity contribution in [2.45, 2.75) is 63.9 Å². The van der Waals surface area contributed by atoms with Crippen LogP contribution >= 0.6 is 0 Å². The molecule has 1 aliphatic heterocycles. The number of aryl methyl sites for hydroxylation is 1. The van der Waals surface area contributed by atoms with Crippen LogP contribution in [0.5, 0.6) is 0 Å². The molecule has 1 amide bonds. The van der Waals surface area contributed by atoms with Crippen molar-refractivity contribution >= 4 is 15.9 Å². The molecular weight excluding hydrogens is 328 g/mol. The van der Waals surface area contributed by atoms with Crippen molar-refractivity contribution in [2.24, 2.45) is 5.92 Å². The molecule has 0 aromatic carbocycles. The summed E-state index contributed by atoms with van der Waals surface area (Å²) < 4.78 is 29.0. The van der Waals surface area contributed by atoms with Gasteiger partial charge in [0, 0.05) is 19.1 Å². The highest BCUT2D eigenvalue weighted by molar-refractivity contribution is 7.89. The largest absolute Gasteiger partial charge is 0.352 e. The van der Waals surface area contributed by atoms with Crippen LogP contribution in [0.2, 0.25) is 0 Å². The number of nitrogens with zero attached hydrogens (tertiary/aromatic N) is 3. The van der Waals surface area contributed by atoms with Crippen molar-refractivity contribution in [1.82, 2.24) is 19.4 Å². The third-order valence-electron chi connectivity index (χ3n) is 4.89. The van der Waals surface area contributed by atoms with Crippen molar-refractivity contribution in [3.63, 3.8) is 0 Å². The maximum absolute atomic E-state index is 13.0. The van der Waals surface area contributed by atoms with Crippen LogP contribution in [-0.2, 0) is 21.4 Å². The Labute approximate surface area is 143 Å². The zero-order valence-corrected chi connectivity index (χ0v) is 15.4. The van der Waals surface area contributed by atoms with Gasteiger partial charge in [0.15, 0.2) is 0 Å². The summed E-state index contributed by atoms with van der Waals surface area (Å²) in [5, 5.41) is 7.21. The predicted octanol–water partition coefficient (Wildman–Crippen LogP) is 1.20. The fourth-order valence-corrected chi connectivity index (χ4v) is 5.04. The summed E-state index contributed by atoms with van der Waals surface area (Å²) >= 11 is 0. The predicted molar refractivity (Wildman–Crippen MR) is 90.0 cm³/mol. The smallest absolute Gasteiger partial charge is 0.246 e. The van der Waals surface area contributed by atoms with Crippen LogP contribution < -0.4 is 5.32 Å². The molecule has 2 heterocycles. The van der Waals surface area contributed by atoms with Gasteiger partial charge in [0.25, 0.3) is 0 Å². The van der Waals surface area contributed by atoms with E-state index in [9.17, 15) is 13.2 Å². The van der Waals surface area contributed by atoms with Crippen LogP contribution in [0.1, 0.15) is 44.0 Å². The topological polar surface area (TPSA) is 84.3 Å². The Morgan fingerprint density at radius 3 is 2.42 bits per heavy atom. The SMILES string of the molecule is Cc1nn(CC(=O)NC2CC2)c(C)c1S(=O)(=O)N1CCC(C)CC1. The Hall–Kier alpha value is -1.41. The lowest BCUT2D eigenvalue weighted by Gasteiger charge is -2.29. The van der Waals surface area contributed by atoms with E-state index in [0.29, 0.717) is 30.4 Å². The van der Waals surface area contributed by atoms with Gasteiger partial charge in [-0.15, -0.1) is 0 Å². The third-order valence-corrected chi connectivity index (χ3v) is 7.04. The van der Waals surface area contributed by atoms with E-state index >= 15 is 0 Å². The van der Waals surface area contributed by atoms with E-state index in [4.69, 9.17) is 0 Å². The van der Waals surface area contributed by atoms with Crippen molar-refractivity contribution in [1.29, 1.82) is 0 Å².